The minimum atomic E-state index is -0.968. The number of nitrogens with one attached hydrogen (secondary N) is 1. The number of rotatable bonds is 5. The third-order valence-electron chi connectivity index (χ3n) is 2.85. The van der Waals surface area contributed by atoms with Crippen molar-refractivity contribution in [2.24, 2.45) is 0 Å². The van der Waals surface area contributed by atoms with E-state index in [0.29, 0.717) is 6.07 Å². The summed E-state index contributed by atoms with van der Waals surface area (Å²) in [4.78, 5) is 33.2. The van der Waals surface area contributed by atoms with Gasteiger partial charge in [0, 0.05) is 18.2 Å². The number of benzene rings is 2. The molecule has 2 rings (SSSR count). The van der Waals surface area contributed by atoms with Crippen LogP contribution in [-0.4, -0.2) is 23.4 Å². The predicted octanol–water partition coefficient (Wildman–Crippen LogP) is 2.67. The third kappa shape index (κ3) is 4.32. The second-order valence-corrected chi connectivity index (χ2v) is 4.55. The molecule has 0 fully saturated rings. The van der Waals surface area contributed by atoms with Crippen LogP contribution in [0.25, 0.3) is 0 Å². The van der Waals surface area contributed by atoms with Crippen molar-refractivity contribution in [2.75, 3.05) is 11.9 Å². The smallest absolute Gasteiger partial charge is 0.338 e. The van der Waals surface area contributed by atoms with Crippen LogP contribution in [0.2, 0.25) is 0 Å². The van der Waals surface area contributed by atoms with Gasteiger partial charge in [0.1, 0.15) is 11.6 Å². The van der Waals surface area contributed by atoms with Gasteiger partial charge in [0.05, 0.1) is 16.2 Å². The molecule has 0 radical (unpaired) electrons. The minimum Gasteiger partial charge on any atom is -0.452 e. The van der Waals surface area contributed by atoms with Crippen LogP contribution in [0.5, 0.6) is 0 Å². The van der Waals surface area contributed by atoms with Gasteiger partial charge < -0.3 is 10.1 Å². The largest absolute Gasteiger partial charge is 0.452 e. The van der Waals surface area contributed by atoms with E-state index < -0.39 is 35.0 Å². The highest BCUT2D eigenvalue weighted by Crippen LogP contribution is 2.15. The molecule has 9 heteroatoms. The minimum absolute atomic E-state index is 0.0152. The summed E-state index contributed by atoms with van der Waals surface area (Å²) in [7, 11) is 0. The third-order valence-corrected chi connectivity index (χ3v) is 2.85. The summed E-state index contributed by atoms with van der Waals surface area (Å²) < 4.78 is 30.8. The number of anilines is 1. The number of hydrogen-bond donors (Lipinski definition) is 1. The number of non-ortho nitro benzene ring substituents is 1. The van der Waals surface area contributed by atoms with Crippen molar-refractivity contribution in [2.45, 2.75) is 0 Å². The number of hydrogen-bond acceptors (Lipinski definition) is 5. The Hall–Kier alpha value is -3.36. The maximum Gasteiger partial charge on any atom is 0.338 e. The van der Waals surface area contributed by atoms with Crippen LogP contribution in [-0.2, 0) is 9.53 Å². The molecule has 1 amide bonds. The summed E-state index contributed by atoms with van der Waals surface area (Å²) in [5.74, 6) is -3.46. The maximum absolute atomic E-state index is 13.4. The Bertz CT molecular complexity index is 793. The molecule has 0 aromatic heterocycles. The first-order valence-electron chi connectivity index (χ1n) is 6.53. The fourth-order valence-corrected chi connectivity index (χ4v) is 1.71. The zero-order chi connectivity index (χ0) is 17.7. The lowest BCUT2D eigenvalue weighted by atomic mass is 10.2. The van der Waals surface area contributed by atoms with Crippen molar-refractivity contribution in [1.29, 1.82) is 0 Å². The van der Waals surface area contributed by atoms with Gasteiger partial charge >= 0.3 is 5.97 Å². The molecule has 0 bridgehead atoms. The molecule has 1 N–H and O–H groups in total. The van der Waals surface area contributed by atoms with E-state index in [1.54, 1.807) is 0 Å². The van der Waals surface area contributed by atoms with E-state index in [2.05, 4.69) is 5.32 Å². The van der Waals surface area contributed by atoms with Crippen molar-refractivity contribution in [3.63, 3.8) is 0 Å². The molecule has 0 atom stereocenters. The van der Waals surface area contributed by atoms with Crippen molar-refractivity contribution in [3.8, 4) is 0 Å². The van der Waals surface area contributed by atoms with Crippen LogP contribution in [0.15, 0.2) is 42.5 Å². The number of carbonyl (C=O) groups excluding carboxylic acids is 2. The van der Waals surface area contributed by atoms with Crippen LogP contribution in [0.1, 0.15) is 10.4 Å². The Morgan fingerprint density at radius 2 is 1.79 bits per heavy atom. The van der Waals surface area contributed by atoms with Crippen LogP contribution >= 0.6 is 0 Å². The fraction of sp³-hybridized carbons (Fsp3) is 0.0667. The Morgan fingerprint density at radius 1 is 1.12 bits per heavy atom. The van der Waals surface area contributed by atoms with Crippen molar-refractivity contribution >= 4 is 23.3 Å². The Kier molecular flexibility index (Phi) is 5.15. The average molecular weight is 336 g/mol. The second-order valence-electron chi connectivity index (χ2n) is 4.55. The number of nitrogens with zero attached hydrogens (tertiary/aromatic N) is 1. The second kappa shape index (κ2) is 7.27. The summed E-state index contributed by atoms with van der Waals surface area (Å²) in [6.45, 7) is -0.702. The highest BCUT2D eigenvalue weighted by Gasteiger charge is 2.13. The number of halogens is 2. The number of amides is 1. The van der Waals surface area contributed by atoms with Crippen LogP contribution in [0.4, 0.5) is 20.2 Å². The summed E-state index contributed by atoms with van der Waals surface area (Å²) in [6, 6.07) is 7.17. The van der Waals surface area contributed by atoms with E-state index in [4.69, 9.17) is 4.74 Å². The molecule has 0 aliphatic heterocycles. The number of nitro benzene ring substituents is 1. The zero-order valence-electron chi connectivity index (χ0n) is 12.0. The van der Waals surface area contributed by atoms with Gasteiger partial charge in [-0.1, -0.05) is 0 Å². The molecule has 0 unspecified atom stereocenters. The first-order valence-corrected chi connectivity index (χ1v) is 6.53. The van der Waals surface area contributed by atoms with Crippen LogP contribution in [0.3, 0.4) is 0 Å². The molecule has 0 heterocycles. The van der Waals surface area contributed by atoms with E-state index >= 15 is 0 Å². The standard InChI is InChI=1S/C15H10F2N2O5/c16-10-3-6-13(12(17)7-10)18-14(20)8-24-15(21)9-1-4-11(5-2-9)19(22)23/h1-7H,8H2,(H,18,20). The summed E-state index contributed by atoms with van der Waals surface area (Å²) in [5.41, 5.74) is -0.440. The molecule has 2 aromatic rings. The summed E-state index contributed by atoms with van der Waals surface area (Å²) in [5, 5.41) is 12.6. The monoisotopic (exact) mass is 336 g/mol. The molecule has 0 saturated heterocycles. The Morgan fingerprint density at radius 3 is 2.38 bits per heavy atom. The number of nitro groups is 1. The highest BCUT2D eigenvalue weighted by molar-refractivity contribution is 5.95. The molecule has 124 valence electrons. The molecule has 24 heavy (non-hydrogen) atoms. The van der Waals surface area contributed by atoms with Gasteiger partial charge in [-0.25, -0.2) is 13.6 Å². The van der Waals surface area contributed by atoms with E-state index in [0.717, 1.165) is 24.3 Å². The normalized spacial score (nSPS) is 10.1. The van der Waals surface area contributed by atoms with E-state index in [1.807, 2.05) is 0 Å². The zero-order valence-corrected chi connectivity index (χ0v) is 12.0. The number of ether oxygens (including phenoxy) is 1. The van der Waals surface area contributed by atoms with E-state index in [9.17, 15) is 28.5 Å². The van der Waals surface area contributed by atoms with E-state index in [-0.39, 0.29) is 16.9 Å². The molecular formula is C15H10F2N2O5. The van der Waals surface area contributed by atoms with Gasteiger partial charge in [0.15, 0.2) is 6.61 Å². The lowest BCUT2D eigenvalue weighted by Gasteiger charge is -2.07. The van der Waals surface area contributed by atoms with Gasteiger partial charge in [0.25, 0.3) is 11.6 Å². The topological polar surface area (TPSA) is 98.5 Å². The van der Waals surface area contributed by atoms with Gasteiger partial charge in [0.2, 0.25) is 0 Å². The van der Waals surface area contributed by atoms with Gasteiger partial charge in [-0.05, 0) is 24.3 Å². The van der Waals surface area contributed by atoms with Crippen molar-refractivity contribution < 1.29 is 28.0 Å². The number of esters is 1. The highest BCUT2D eigenvalue weighted by atomic mass is 19.1. The SMILES string of the molecule is O=C(COC(=O)c1ccc([N+](=O)[O-])cc1)Nc1ccc(F)cc1F. The molecule has 7 nitrogen and oxygen atoms in total. The molecular weight excluding hydrogens is 326 g/mol. The van der Waals surface area contributed by atoms with Crippen molar-refractivity contribution in [1.82, 2.24) is 0 Å². The Balaban J connectivity index is 1.91. The quantitative estimate of drug-likeness (QED) is 0.514. The van der Waals surface area contributed by atoms with Crippen LogP contribution < -0.4 is 5.32 Å². The molecule has 0 aliphatic rings. The van der Waals surface area contributed by atoms with Gasteiger partial charge in [-0.15, -0.1) is 0 Å². The first kappa shape index (κ1) is 17.0. The molecule has 0 spiro atoms. The van der Waals surface area contributed by atoms with E-state index in [1.165, 1.54) is 12.1 Å². The Labute approximate surface area is 134 Å². The average Bonchev–Trinajstić information content (AvgIpc) is 2.55. The van der Waals surface area contributed by atoms with Crippen LogP contribution in [0, 0.1) is 21.7 Å². The molecule has 2 aromatic carbocycles. The van der Waals surface area contributed by atoms with Crippen molar-refractivity contribution in [3.05, 3.63) is 69.8 Å². The molecule has 0 saturated carbocycles. The summed E-state index contributed by atoms with van der Waals surface area (Å²) in [6.07, 6.45) is 0. The lowest BCUT2D eigenvalue weighted by Crippen LogP contribution is -2.21. The maximum atomic E-state index is 13.4. The lowest BCUT2D eigenvalue weighted by molar-refractivity contribution is -0.384. The predicted molar refractivity (Wildman–Crippen MR) is 78.4 cm³/mol. The molecule has 0 aliphatic carbocycles. The summed E-state index contributed by atoms with van der Waals surface area (Å²) >= 11 is 0. The van der Waals surface area contributed by atoms with Gasteiger partial charge in [-0.2, -0.15) is 0 Å². The number of carbonyl (C=O) groups is 2. The van der Waals surface area contributed by atoms with Gasteiger partial charge in [-0.3, -0.25) is 14.9 Å². The fourth-order valence-electron chi connectivity index (χ4n) is 1.71. The first-order chi connectivity index (χ1) is 11.4.